The third-order valence-electron chi connectivity index (χ3n) is 4.49. The summed E-state index contributed by atoms with van der Waals surface area (Å²) in [6.45, 7) is 3.08. The Morgan fingerprint density at radius 1 is 1.14 bits per heavy atom. The number of nitrogens with one attached hydrogen (secondary N) is 1. The molecule has 0 saturated heterocycles. The average Bonchev–Trinajstić information content (AvgIpc) is 2.96. The number of aromatic nitrogens is 1. The van der Waals surface area contributed by atoms with Gasteiger partial charge >= 0.3 is 5.97 Å². The number of rotatable bonds is 5. The molecule has 3 rings (SSSR count). The van der Waals surface area contributed by atoms with Gasteiger partial charge in [0, 0.05) is 11.4 Å². The highest BCUT2D eigenvalue weighted by Gasteiger charge is 2.21. The van der Waals surface area contributed by atoms with E-state index in [1.165, 1.54) is 18.2 Å². The van der Waals surface area contributed by atoms with E-state index in [1.807, 2.05) is 37.3 Å². The molecule has 1 N–H and O–H groups in total. The second-order valence-electron chi connectivity index (χ2n) is 6.35. The van der Waals surface area contributed by atoms with Gasteiger partial charge in [0.25, 0.3) is 5.91 Å². The number of esters is 1. The standard InChI is InChI=1S/C22H18FN3O3/c1-14-15(2)26(18-9-4-3-5-10-18)21(19(14)12-24)25-20(27)13-29-22(28)16-7-6-8-17(23)11-16/h3-11H,13H2,1-2H3,(H,25,27). The minimum absolute atomic E-state index is 0.00913. The molecule has 2 aromatic carbocycles. The van der Waals surface area contributed by atoms with Crippen molar-refractivity contribution in [3.05, 3.63) is 82.8 Å². The lowest BCUT2D eigenvalue weighted by Gasteiger charge is -2.13. The first-order valence-electron chi connectivity index (χ1n) is 8.82. The van der Waals surface area contributed by atoms with Gasteiger partial charge in [-0.1, -0.05) is 24.3 Å². The fraction of sp³-hybridized carbons (Fsp3) is 0.136. The van der Waals surface area contributed by atoms with E-state index in [9.17, 15) is 19.2 Å². The van der Waals surface area contributed by atoms with Crippen LogP contribution in [0.2, 0.25) is 0 Å². The molecule has 1 amide bonds. The van der Waals surface area contributed by atoms with Crippen LogP contribution in [0.15, 0.2) is 54.6 Å². The Bertz CT molecular complexity index is 1110. The van der Waals surface area contributed by atoms with Gasteiger partial charge in [0.1, 0.15) is 17.7 Å². The maximum absolute atomic E-state index is 13.2. The lowest BCUT2D eigenvalue weighted by molar-refractivity contribution is -0.119. The maximum atomic E-state index is 13.2. The van der Waals surface area contributed by atoms with Crippen LogP contribution in [-0.2, 0) is 9.53 Å². The van der Waals surface area contributed by atoms with Crippen molar-refractivity contribution < 1.29 is 18.7 Å². The number of hydrogen-bond acceptors (Lipinski definition) is 4. The molecular formula is C22H18FN3O3. The van der Waals surface area contributed by atoms with Crippen LogP contribution in [0.5, 0.6) is 0 Å². The number of nitriles is 1. The topological polar surface area (TPSA) is 84.1 Å². The summed E-state index contributed by atoms with van der Waals surface area (Å²) in [4.78, 5) is 24.4. The number of carbonyl (C=O) groups excluding carboxylic acids is 2. The summed E-state index contributed by atoms with van der Waals surface area (Å²) in [5.41, 5.74) is 2.66. The Morgan fingerprint density at radius 3 is 2.52 bits per heavy atom. The molecule has 7 heteroatoms. The fourth-order valence-corrected chi connectivity index (χ4v) is 2.96. The number of ether oxygens (including phenoxy) is 1. The van der Waals surface area contributed by atoms with Gasteiger partial charge in [-0.05, 0) is 49.7 Å². The first-order valence-corrected chi connectivity index (χ1v) is 8.82. The van der Waals surface area contributed by atoms with Crippen molar-refractivity contribution in [3.63, 3.8) is 0 Å². The van der Waals surface area contributed by atoms with Crippen LogP contribution >= 0.6 is 0 Å². The largest absolute Gasteiger partial charge is 0.452 e. The maximum Gasteiger partial charge on any atom is 0.338 e. The van der Waals surface area contributed by atoms with Gasteiger partial charge < -0.3 is 10.1 Å². The molecule has 0 aliphatic heterocycles. The van der Waals surface area contributed by atoms with Crippen LogP contribution in [0.3, 0.4) is 0 Å². The smallest absolute Gasteiger partial charge is 0.338 e. The second kappa shape index (κ2) is 8.40. The van der Waals surface area contributed by atoms with Crippen LogP contribution in [0.1, 0.15) is 27.2 Å². The van der Waals surface area contributed by atoms with Crippen LogP contribution < -0.4 is 5.32 Å². The number of amides is 1. The van der Waals surface area contributed by atoms with Crippen molar-refractivity contribution in [2.24, 2.45) is 0 Å². The third kappa shape index (κ3) is 4.17. The third-order valence-corrected chi connectivity index (χ3v) is 4.49. The van der Waals surface area contributed by atoms with Crippen molar-refractivity contribution in [2.75, 3.05) is 11.9 Å². The van der Waals surface area contributed by atoms with Gasteiger partial charge in [0.2, 0.25) is 0 Å². The number of anilines is 1. The van der Waals surface area contributed by atoms with E-state index in [4.69, 9.17) is 4.74 Å². The molecule has 0 spiro atoms. The highest BCUT2D eigenvalue weighted by molar-refractivity contribution is 5.96. The van der Waals surface area contributed by atoms with E-state index >= 15 is 0 Å². The summed E-state index contributed by atoms with van der Waals surface area (Å²) in [6, 6.07) is 16.4. The number of nitrogens with zero attached hydrogens (tertiary/aromatic N) is 2. The lowest BCUT2D eigenvalue weighted by atomic mass is 10.2. The zero-order chi connectivity index (χ0) is 21.0. The quantitative estimate of drug-likeness (QED) is 0.669. The molecule has 0 fully saturated rings. The number of halogens is 1. The normalized spacial score (nSPS) is 10.3. The Hall–Kier alpha value is -3.92. The van der Waals surface area contributed by atoms with Crippen molar-refractivity contribution in [1.82, 2.24) is 4.57 Å². The van der Waals surface area contributed by atoms with E-state index in [0.29, 0.717) is 11.4 Å². The van der Waals surface area contributed by atoms with Crippen LogP contribution in [-0.4, -0.2) is 23.1 Å². The van der Waals surface area contributed by atoms with Gasteiger partial charge in [-0.3, -0.25) is 9.36 Å². The van der Waals surface area contributed by atoms with Gasteiger partial charge in [-0.2, -0.15) is 5.26 Å². The monoisotopic (exact) mass is 391 g/mol. The Balaban J connectivity index is 1.81. The van der Waals surface area contributed by atoms with Crippen molar-refractivity contribution in [1.29, 1.82) is 5.26 Å². The van der Waals surface area contributed by atoms with Crippen LogP contribution in [0.25, 0.3) is 5.69 Å². The second-order valence-corrected chi connectivity index (χ2v) is 6.35. The molecular weight excluding hydrogens is 373 g/mol. The molecule has 6 nitrogen and oxygen atoms in total. The minimum Gasteiger partial charge on any atom is -0.452 e. The fourth-order valence-electron chi connectivity index (χ4n) is 2.96. The van der Waals surface area contributed by atoms with E-state index < -0.39 is 24.3 Å². The molecule has 3 aromatic rings. The molecule has 1 aromatic heterocycles. The Kier molecular flexibility index (Phi) is 5.74. The molecule has 0 radical (unpaired) electrons. The SMILES string of the molecule is Cc1c(C#N)c(NC(=O)COC(=O)c2cccc(F)c2)n(-c2ccccc2)c1C. The molecule has 0 aliphatic rings. The molecule has 146 valence electrons. The first-order chi connectivity index (χ1) is 13.9. The molecule has 0 saturated carbocycles. The molecule has 0 unspecified atom stereocenters. The van der Waals surface area contributed by atoms with E-state index in [1.54, 1.807) is 11.5 Å². The van der Waals surface area contributed by atoms with Crippen molar-refractivity contribution in [3.8, 4) is 11.8 Å². The highest BCUT2D eigenvalue weighted by Crippen LogP contribution is 2.29. The molecule has 0 aliphatic carbocycles. The number of para-hydroxylation sites is 1. The summed E-state index contributed by atoms with van der Waals surface area (Å²) in [5.74, 6) is -1.69. The highest BCUT2D eigenvalue weighted by atomic mass is 19.1. The van der Waals surface area contributed by atoms with Gasteiger partial charge in [0.05, 0.1) is 11.1 Å². The predicted octanol–water partition coefficient (Wildman–Crippen LogP) is 3.90. The summed E-state index contributed by atoms with van der Waals surface area (Å²) in [6.07, 6.45) is 0. The van der Waals surface area contributed by atoms with Crippen LogP contribution in [0.4, 0.5) is 10.2 Å². The summed E-state index contributed by atoms with van der Waals surface area (Å²) >= 11 is 0. The Morgan fingerprint density at radius 2 is 1.86 bits per heavy atom. The van der Waals surface area contributed by atoms with Gasteiger partial charge in [-0.25, -0.2) is 9.18 Å². The zero-order valence-corrected chi connectivity index (χ0v) is 15.9. The molecule has 0 atom stereocenters. The van der Waals surface area contributed by atoms with E-state index in [2.05, 4.69) is 11.4 Å². The van der Waals surface area contributed by atoms with Crippen LogP contribution in [0, 0.1) is 31.0 Å². The van der Waals surface area contributed by atoms with Gasteiger partial charge in [0.15, 0.2) is 6.61 Å². The van der Waals surface area contributed by atoms with Gasteiger partial charge in [-0.15, -0.1) is 0 Å². The van der Waals surface area contributed by atoms with E-state index in [0.717, 1.165) is 23.0 Å². The lowest BCUT2D eigenvalue weighted by Crippen LogP contribution is -2.23. The molecule has 1 heterocycles. The molecule has 0 bridgehead atoms. The predicted molar refractivity (Wildman–Crippen MR) is 105 cm³/mol. The minimum atomic E-state index is -0.814. The number of hydrogen-bond donors (Lipinski definition) is 1. The summed E-state index contributed by atoms with van der Waals surface area (Å²) in [5, 5.41) is 12.2. The average molecular weight is 391 g/mol. The van der Waals surface area contributed by atoms with E-state index in [-0.39, 0.29) is 5.56 Å². The number of benzene rings is 2. The zero-order valence-electron chi connectivity index (χ0n) is 15.9. The number of carbonyl (C=O) groups is 2. The summed E-state index contributed by atoms with van der Waals surface area (Å²) < 4.78 is 20.0. The first kappa shape index (κ1) is 19.8. The van der Waals surface area contributed by atoms with Crippen molar-refractivity contribution >= 4 is 17.7 Å². The van der Waals surface area contributed by atoms with Crippen molar-refractivity contribution in [2.45, 2.75) is 13.8 Å². The Labute approximate surface area is 167 Å². The molecule has 29 heavy (non-hydrogen) atoms. The summed E-state index contributed by atoms with van der Waals surface area (Å²) in [7, 11) is 0.